The van der Waals surface area contributed by atoms with Gasteiger partial charge in [0.15, 0.2) is 0 Å². The van der Waals surface area contributed by atoms with Gasteiger partial charge in [0.05, 0.1) is 0 Å². The topological polar surface area (TPSA) is 0 Å². The number of rotatable bonds is 7. The average Bonchev–Trinajstić information content (AvgIpc) is 2.95. The van der Waals surface area contributed by atoms with Crippen LogP contribution in [-0.4, -0.2) is 0 Å². The van der Waals surface area contributed by atoms with Gasteiger partial charge in [-0.3, -0.25) is 0 Å². The van der Waals surface area contributed by atoms with E-state index in [0.29, 0.717) is 0 Å². The summed E-state index contributed by atoms with van der Waals surface area (Å²) >= 11 is 0. The van der Waals surface area contributed by atoms with E-state index in [4.69, 9.17) is 0 Å². The molecular weight excluding hydrogens is 288 g/mol. The summed E-state index contributed by atoms with van der Waals surface area (Å²) in [6.45, 7) is 11.8. The fourth-order valence-electron chi connectivity index (χ4n) is 5.19. The summed E-state index contributed by atoms with van der Waals surface area (Å²) in [5.74, 6) is 1.82. The highest BCUT2D eigenvalue weighted by molar-refractivity contribution is 5.40. The van der Waals surface area contributed by atoms with Crippen molar-refractivity contribution in [2.24, 2.45) is 11.8 Å². The largest absolute Gasteiger partial charge is 0.0853 e. The number of fused-ring (bicyclic) bond motifs is 1. The Hall–Kier alpha value is -0.780. The van der Waals surface area contributed by atoms with Gasteiger partial charge in [0, 0.05) is 0 Å². The number of hydrogen-bond donors (Lipinski definition) is 0. The Bertz CT molecular complexity index is 460. The molecule has 0 aromatic carbocycles. The Morgan fingerprint density at radius 2 is 1.21 bits per heavy atom. The first-order valence-corrected chi connectivity index (χ1v) is 10.8. The molecule has 0 bridgehead atoms. The molecule has 0 radical (unpaired) electrons. The quantitative estimate of drug-likeness (QED) is 0.326. The molecule has 136 valence electrons. The molecule has 2 aliphatic carbocycles. The van der Waals surface area contributed by atoms with E-state index in [0.717, 1.165) is 11.8 Å². The highest BCUT2D eigenvalue weighted by atomic mass is 14.4. The first kappa shape index (κ1) is 19.5. The van der Waals surface area contributed by atoms with E-state index in [1.807, 2.05) is 0 Å². The summed E-state index contributed by atoms with van der Waals surface area (Å²) in [4.78, 5) is 0. The third-order valence-corrected chi connectivity index (χ3v) is 6.50. The van der Waals surface area contributed by atoms with E-state index in [9.17, 15) is 0 Å². The van der Waals surface area contributed by atoms with Crippen molar-refractivity contribution < 1.29 is 0 Å². The van der Waals surface area contributed by atoms with E-state index < -0.39 is 0 Å². The van der Waals surface area contributed by atoms with Crippen LogP contribution in [-0.2, 0) is 0 Å². The second-order valence-electron chi connectivity index (χ2n) is 7.92. The van der Waals surface area contributed by atoms with Gasteiger partial charge in [-0.25, -0.2) is 0 Å². The van der Waals surface area contributed by atoms with Crippen molar-refractivity contribution in [2.75, 3.05) is 0 Å². The predicted octanol–water partition coefficient (Wildman–Crippen LogP) is 8.16. The van der Waals surface area contributed by atoms with Crippen LogP contribution in [0.4, 0.5) is 0 Å². The summed E-state index contributed by atoms with van der Waals surface area (Å²) in [7, 11) is 0. The van der Waals surface area contributed by atoms with Gasteiger partial charge in [0.1, 0.15) is 0 Å². The van der Waals surface area contributed by atoms with Crippen LogP contribution in [0.1, 0.15) is 105 Å². The van der Waals surface area contributed by atoms with Crippen LogP contribution in [0.3, 0.4) is 0 Å². The van der Waals surface area contributed by atoms with Crippen molar-refractivity contribution in [1.82, 2.24) is 0 Å². The molecule has 0 heteroatoms. The summed E-state index contributed by atoms with van der Waals surface area (Å²) in [5.41, 5.74) is 8.81. The van der Waals surface area contributed by atoms with Crippen molar-refractivity contribution in [3.05, 3.63) is 33.9 Å². The minimum absolute atomic E-state index is 0.911. The van der Waals surface area contributed by atoms with Crippen LogP contribution < -0.4 is 0 Å². The third-order valence-electron chi connectivity index (χ3n) is 6.50. The Kier molecular flexibility index (Phi) is 7.85. The van der Waals surface area contributed by atoms with Gasteiger partial charge in [-0.2, -0.15) is 0 Å². The van der Waals surface area contributed by atoms with Crippen LogP contribution in [0, 0.1) is 11.8 Å². The van der Waals surface area contributed by atoms with Gasteiger partial charge in [-0.05, 0) is 80.8 Å². The van der Waals surface area contributed by atoms with Crippen LogP contribution >= 0.6 is 0 Å². The zero-order valence-corrected chi connectivity index (χ0v) is 17.0. The van der Waals surface area contributed by atoms with Gasteiger partial charge in [0.2, 0.25) is 0 Å². The predicted molar refractivity (Wildman–Crippen MR) is 108 cm³/mol. The number of hydrogen-bond acceptors (Lipinski definition) is 0. The molecule has 0 N–H and O–H groups in total. The van der Waals surface area contributed by atoms with E-state index in [2.05, 4.69) is 40.7 Å². The van der Waals surface area contributed by atoms with Crippen LogP contribution in [0.15, 0.2) is 33.9 Å². The van der Waals surface area contributed by atoms with Gasteiger partial charge in [0.25, 0.3) is 0 Å². The van der Waals surface area contributed by atoms with Crippen LogP contribution in [0.2, 0.25) is 0 Å². The molecule has 1 fully saturated rings. The maximum absolute atomic E-state index is 2.60. The van der Waals surface area contributed by atoms with Crippen molar-refractivity contribution >= 4 is 0 Å². The molecule has 2 aliphatic rings. The lowest BCUT2D eigenvalue weighted by Gasteiger charge is -2.29. The van der Waals surface area contributed by atoms with Crippen LogP contribution in [0.5, 0.6) is 0 Å². The molecule has 0 nitrogen and oxygen atoms in total. The lowest BCUT2D eigenvalue weighted by atomic mass is 9.76. The Balaban J connectivity index is 2.31. The highest BCUT2D eigenvalue weighted by Gasteiger charge is 2.33. The van der Waals surface area contributed by atoms with Gasteiger partial charge in [-0.15, -0.1) is 0 Å². The van der Waals surface area contributed by atoms with Crippen molar-refractivity contribution in [3.8, 4) is 0 Å². The molecule has 0 aromatic rings. The van der Waals surface area contributed by atoms with E-state index in [-0.39, 0.29) is 0 Å². The SMILES string of the molecule is CCCCC=C1C[C@H]2C/C(CC)=C(CC)\C(CC)=C(\CC)C[C@@H]2C1. The zero-order valence-electron chi connectivity index (χ0n) is 17.0. The summed E-state index contributed by atoms with van der Waals surface area (Å²) in [5, 5.41) is 0. The molecule has 2 rings (SSSR count). The maximum Gasteiger partial charge on any atom is -0.0280 e. The van der Waals surface area contributed by atoms with Gasteiger partial charge >= 0.3 is 0 Å². The fraction of sp³-hybridized carbons (Fsp3) is 0.750. The maximum atomic E-state index is 2.60. The molecule has 2 atom stereocenters. The Labute approximate surface area is 151 Å². The summed E-state index contributed by atoms with van der Waals surface area (Å²) in [6, 6.07) is 0. The van der Waals surface area contributed by atoms with Crippen LogP contribution in [0.25, 0.3) is 0 Å². The second-order valence-corrected chi connectivity index (χ2v) is 7.92. The molecule has 0 amide bonds. The Morgan fingerprint density at radius 1 is 0.708 bits per heavy atom. The molecule has 1 saturated carbocycles. The van der Waals surface area contributed by atoms with E-state index >= 15 is 0 Å². The first-order chi connectivity index (χ1) is 11.7. The molecule has 0 spiro atoms. The first-order valence-electron chi connectivity index (χ1n) is 10.8. The zero-order chi connectivity index (χ0) is 17.5. The minimum Gasteiger partial charge on any atom is -0.0853 e. The molecule has 0 saturated heterocycles. The molecule has 0 unspecified atom stereocenters. The fourth-order valence-corrected chi connectivity index (χ4v) is 5.19. The Morgan fingerprint density at radius 3 is 1.58 bits per heavy atom. The number of allylic oxidation sites excluding steroid dienone is 6. The molecule has 24 heavy (non-hydrogen) atoms. The highest BCUT2D eigenvalue weighted by Crippen LogP contribution is 2.47. The summed E-state index contributed by atoms with van der Waals surface area (Å²) < 4.78 is 0. The lowest BCUT2D eigenvalue weighted by molar-refractivity contribution is 0.371. The van der Waals surface area contributed by atoms with Crippen molar-refractivity contribution in [1.29, 1.82) is 0 Å². The molecule has 0 heterocycles. The normalized spacial score (nSPS) is 31.0. The van der Waals surface area contributed by atoms with Crippen molar-refractivity contribution in [2.45, 2.75) is 105 Å². The monoisotopic (exact) mass is 328 g/mol. The molecular formula is C24H40. The minimum atomic E-state index is 0.911. The number of unbranched alkanes of at least 4 members (excludes halogenated alkanes) is 2. The van der Waals surface area contributed by atoms with E-state index in [1.54, 1.807) is 27.9 Å². The van der Waals surface area contributed by atoms with Gasteiger partial charge in [-0.1, -0.05) is 70.3 Å². The average molecular weight is 329 g/mol. The van der Waals surface area contributed by atoms with Gasteiger partial charge < -0.3 is 0 Å². The molecule has 0 aliphatic heterocycles. The summed E-state index contributed by atoms with van der Waals surface area (Å²) in [6.07, 6.45) is 17.1. The van der Waals surface area contributed by atoms with E-state index in [1.165, 1.54) is 70.6 Å². The standard InChI is InChI=1S/C24H40/c1-6-11-12-13-18-14-21-16-19(7-2)23(9-4)24(10-5)20(8-3)17-22(21)15-18/h13,21-22H,6-12,14-17H2,1-5H3/b23-19-,24-20-/t21-,22-/m0/s1. The smallest absolute Gasteiger partial charge is 0.0280 e. The molecule has 0 aromatic heterocycles. The van der Waals surface area contributed by atoms with Crippen molar-refractivity contribution in [3.63, 3.8) is 0 Å². The lowest BCUT2D eigenvalue weighted by Crippen LogP contribution is -2.15. The second kappa shape index (κ2) is 9.64. The third kappa shape index (κ3) is 4.44.